The van der Waals surface area contributed by atoms with Crippen LogP contribution in [0.25, 0.3) is 5.70 Å². The molecule has 2 heterocycles. The smallest absolute Gasteiger partial charge is 0.251 e. The summed E-state index contributed by atoms with van der Waals surface area (Å²) in [7, 11) is 0. The van der Waals surface area contributed by atoms with E-state index in [1.165, 1.54) is 0 Å². The van der Waals surface area contributed by atoms with Gasteiger partial charge in [-0.3, -0.25) is 9.69 Å². The van der Waals surface area contributed by atoms with Crippen LogP contribution in [0.4, 0.5) is 5.95 Å². The lowest BCUT2D eigenvalue weighted by atomic mass is 10.0. The van der Waals surface area contributed by atoms with Gasteiger partial charge in [0.1, 0.15) is 12.6 Å². The van der Waals surface area contributed by atoms with E-state index in [4.69, 9.17) is 0 Å². The van der Waals surface area contributed by atoms with E-state index in [-0.39, 0.29) is 18.5 Å². The highest BCUT2D eigenvalue weighted by atomic mass is 16.2. The van der Waals surface area contributed by atoms with E-state index in [9.17, 15) is 4.79 Å². The largest absolute Gasteiger partial charge is 0.354 e. The second-order valence-corrected chi connectivity index (χ2v) is 7.48. The molecule has 1 aliphatic rings. The van der Waals surface area contributed by atoms with Gasteiger partial charge < -0.3 is 5.32 Å². The van der Waals surface area contributed by atoms with E-state index >= 15 is 0 Å². The van der Waals surface area contributed by atoms with Crippen molar-refractivity contribution in [2.45, 2.75) is 19.9 Å². The topological polar surface area (TPSA) is 75.9 Å². The molecule has 1 amide bonds. The molecule has 7 heteroatoms. The first-order valence-corrected chi connectivity index (χ1v) is 9.78. The normalized spacial score (nSPS) is 15.8. The number of nitrogens with one attached hydrogen (secondary N) is 1. The van der Waals surface area contributed by atoms with E-state index in [1.807, 2.05) is 53.4 Å². The Morgan fingerprint density at radius 1 is 1.07 bits per heavy atom. The molecule has 0 saturated carbocycles. The SMILES string of the molecule is CC(C)CNC(=O)CN1C(c2ccccc2)=C[C@H](c2ccccc2)n2nnnc21. The Morgan fingerprint density at radius 3 is 2.45 bits per heavy atom. The van der Waals surface area contributed by atoms with Gasteiger partial charge in [-0.2, -0.15) is 4.68 Å². The summed E-state index contributed by atoms with van der Waals surface area (Å²) in [5.41, 5.74) is 3.01. The van der Waals surface area contributed by atoms with Gasteiger partial charge in [0.2, 0.25) is 5.91 Å². The summed E-state index contributed by atoms with van der Waals surface area (Å²) in [5.74, 6) is 0.880. The third-order valence-corrected chi connectivity index (χ3v) is 4.81. The van der Waals surface area contributed by atoms with Gasteiger partial charge in [-0.15, -0.1) is 0 Å². The number of benzene rings is 2. The predicted octanol–water partition coefficient (Wildman–Crippen LogP) is 2.90. The lowest BCUT2D eigenvalue weighted by Crippen LogP contribution is -2.41. The predicted molar refractivity (Wildman–Crippen MR) is 112 cm³/mol. The lowest BCUT2D eigenvalue weighted by molar-refractivity contribution is -0.119. The zero-order chi connectivity index (χ0) is 20.2. The van der Waals surface area contributed by atoms with Crippen molar-refractivity contribution in [3.05, 3.63) is 77.9 Å². The third-order valence-electron chi connectivity index (χ3n) is 4.81. The van der Waals surface area contributed by atoms with Gasteiger partial charge in [-0.25, -0.2) is 0 Å². The monoisotopic (exact) mass is 388 g/mol. The van der Waals surface area contributed by atoms with Gasteiger partial charge >= 0.3 is 0 Å². The zero-order valence-electron chi connectivity index (χ0n) is 16.6. The van der Waals surface area contributed by atoms with Crippen LogP contribution in [0.3, 0.4) is 0 Å². The van der Waals surface area contributed by atoms with E-state index in [0.29, 0.717) is 18.4 Å². The maximum atomic E-state index is 12.6. The van der Waals surface area contributed by atoms with Crippen LogP contribution in [-0.4, -0.2) is 39.2 Å². The van der Waals surface area contributed by atoms with Crippen LogP contribution in [-0.2, 0) is 4.79 Å². The van der Waals surface area contributed by atoms with Crippen molar-refractivity contribution in [3.63, 3.8) is 0 Å². The fraction of sp³-hybridized carbons (Fsp3) is 0.273. The van der Waals surface area contributed by atoms with Crippen molar-refractivity contribution in [2.75, 3.05) is 18.0 Å². The average molecular weight is 388 g/mol. The van der Waals surface area contributed by atoms with Crippen LogP contribution in [0, 0.1) is 5.92 Å². The second kappa shape index (κ2) is 8.26. The standard InChI is InChI=1S/C22H24N6O/c1-16(2)14-23-21(29)15-27-19(17-9-5-3-6-10-17)13-20(18-11-7-4-8-12-18)28-22(27)24-25-26-28/h3-13,16,20H,14-15H2,1-2H3,(H,23,29)/t20-/m1/s1. The van der Waals surface area contributed by atoms with Crippen molar-refractivity contribution in [1.29, 1.82) is 0 Å². The fourth-order valence-electron chi connectivity index (χ4n) is 3.39. The van der Waals surface area contributed by atoms with E-state index in [2.05, 4.69) is 52.9 Å². The van der Waals surface area contributed by atoms with Crippen molar-refractivity contribution in [3.8, 4) is 0 Å². The summed E-state index contributed by atoms with van der Waals surface area (Å²) in [6.45, 7) is 4.92. The minimum atomic E-state index is -0.147. The molecular weight excluding hydrogens is 364 g/mol. The molecule has 7 nitrogen and oxygen atoms in total. The highest BCUT2D eigenvalue weighted by Crippen LogP contribution is 2.35. The first-order chi connectivity index (χ1) is 14.1. The molecule has 1 aromatic heterocycles. The molecule has 1 aliphatic heterocycles. The summed E-state index contributed by atoms with van der Waals surface area (Å²) in [6, 6.07) is 20.0. The van der Waals surface area contributed by atoms with Crippen molar-refractivity contribution in [1.82, 2.24) is 25.5 Å². The molecule has 0 unspecified atom stereocenters. The second-order valence-electron chi connectivity index (χ2n) is 7.48. The van der Waals surface area contributed by atoms with Crippen molar-refractivity contribution >= 4 is 17.6 Å². The molecule has 4 rings (SSSR count). The molecule has 0 spiro atoms. The molecule has 2 aromatic carbocycles. The number of carbonyl (C=O) groups excluding carboxylic acids is 1. The summed E-state index contributed by atoms with van der Waals surface area (Å²) < 4.78 is 1.76. The Morgan fingerprint density at radius 2 is 1.76 bits per heavy atom. The minimum Gasteiger partial charge on any atom is -0.354 e. The van der Waals surface area contributed by atoms with Crippen molar-refractivity contribution < 1.29 is 4.79 Å². The first kappa shape index (κ1) is 18.9. The molecular formula is C22H24N6O. The highest BCUT2D eigenvalue weighted by molar-refractivity contribution is 5.89. The zero-order valence-corrected chi connectivity index (χ0v) is 16.6. The Labute approximate surface area is 170 Å². The third kappa shape index (κ3) is 4.03. The van der Waals surface area contributed by atoms with Crippen LogP contribution in [0.1, 0.15) is 31.0 Å². The number of hydrogen-bond donors (Lipinski definition) is 1. The van der Waals surface area contributed by atoms with E-state index in [0.717, 1.165) is 16.8 Å². The molecule has 3 aromatic rings. The fourth-order valence-corrected chi connectivity index (χ4v) is 3.39. The average Bonchev–Trinajstić information content (AvgIpc) is 3.24. The molecule has 1 N–H and O–H groups in total. The first-order valence-electron chi connectivity index (χ1n) is 9.78. The van der Waals surface area contributed by atoms with Crippen LogP contribution in [0.2, 0.25) is 0 Å². The van der Waals surface area contributed by atoms with Crippen molar-refractivity contribution in [2.24, 2.45) is 5.92 Å². The number of tetrazole rings is 1. The number of rotatable bonds is 6. The maximum absolute atomic E-state index is 12.6. The number of allylic oxidation sites excluding steroid dienone is 1. The number of aromatic nitrogens is 4. The summed E-state index contributed by atoms with van der Waals surface area (Å²) in [5, 5.41) is 15.3. The Kier molecular flexibility index (Phi) is 5.37. The van der Waals surface area contributed by atoms with Gasteiger partial charge in [0.15, 0.2) is 0 Å². The highest BCUT2D eigenvalue weighted by Gasteiger charge is 2.31. The molecule has 0 aliphatic carbocycles. The van der Waals surface area contributed by atoms with Gasteiger partial charge in [-0.1, -0.05) is 79.6 Å². The van der Waals surface area contributed by atoms with E-state index in [1.54, 1.807) is 4.68 Å². The number of fused-ring (bicyclic) bond motifs is 1. The molecule has 0 bridgehead atoms. The molecule has 0 saturated heterocycles. The molecule has 0 radical (unpaired) electrons. The van der Waals surface area contributed by atoms with Gasteiger partial charge in [0.05, 0.1) is 5.70 Å². The van der Waals surface area contributed by atoms with E-state index < -0.39 is 0 Å². The molecule has 29 heavy (non-hydrogen) atoms. The van der Waals surface area contributed by atoms with Gasteiger partial charge in [0, 0.05) is 6.54 Å². The van der Waals surface area contributed by atoms with Crippen LogP contribution >= 0.6 is 0 Å². The van der Waals surface area contributed by atoms with Crippen LogP contribution < -0.4 is 10.2 Å². The Hall–Kier alpha value is -3.48. The number of hydrogen-bond acceptors (Lipinski definition) is 5. The summed E-state index contributed by atoms with van der Waals surface area (Å²) in [4.78, 5) is 14.5. The lowest BCUT2D eigenvalue weighted by Gasteiger charge is -2.32. The minimum absolute atomic E-state index is 0.0618. The number of nitrogens with zero attached hydrogens (tertiary/aromatic N) is 5. The number of amides is 1. The quantitative estimate of drug-likeness (QED) is 0.703. The molecule has 0 fully saturated rings. The van der Waals surface area contributed by atoms with Gasteiger partial charge in [0.25, 0.3) is 5.95 Å². The molecule has 1 atom stereocenters. The van der Waals surface area contributed by atoms with Crippen LogP contribution in [0.5, 0.6) is 0 Å². The van der Waals surface area contributed by atoms with Crippen LogP contribution in [0.15, 0.2) is 66.7 Å². The Bertz CT molecular complexity index is 996. The Balaban J connectivity index is 1.74. The number of carbonyl (C=O) groups is 1. The molecule has 148 valence electrons. The van der Waals surface area contributed by atoms with Gasteiger partial charge in [-0.05, 0) is 33.5 Å². The summed E-state index contributed by atoms with van der Waals surface area (Å²) in [6.07, 6.45) is 2.11. The number of anilines is 1. The summed E-state index contributed by atoms with van der Waals surface area (Å²) >= 11 is 0. The maximum Gasteiger partial charge on any atom is 0.251 e.